The smallest absolute Gasteiger partial charge is 0.0431 e. The average molecular weight is 323 g/mol. The van der Waals surface area contributed by atoms with Crippen molar-refractivity contribution >= 4 is 31.9 Å². The predicted molar refractivity (Wildman–Crippen MR) is 65.1 cm³/mol. The van der Waals surface area contributed by atoms with E-state index in [1.165, 1.54) is 0 Å². The van der Waals surface area contributed by atoms with Gasteiger partial charge < -0.3 is 10.8 Å². The second-order valence-electron chi connectivity index (χ2n) is 3.15. The van der Waals surface area contributed by atoms with Crippen molar-refractivity contribution in [3.8, 4) is 0 Å². The van der Waals surface area contributed by atoms with Gasteiger partial charge in [0.2, 0.25) is 0 Å². The van der Waals surface area contributed by atoms with Gasteiger partial charge >= 0.3 is 0 Å². The Hall–Kier alpha value is 0.1000. The second kappa shape index (κ2) is 5.85. The zero-order chi connectivity index (χ0) is 10.6. The summed E-state index contributed by atoms with van der Waals surface area (Å²) >= 11 is 6.83. The summed E-state index contributed by atoms with van der Waals surface area (Å²) in [4.78, 5) is 0. The molecule has 1 aromatic carbocycles. The number of aliphatic hydroxyl groups is 1. The second-order valence-corrected chi connectivity index (χ2v) is 4.85. The molecule has 1 rings (SSSR count). The van der Waals surface area contributed by atoms with Crippen molar-refractivity contribution in [1.82, 2.24) is 0 Å². The van der Waals surface area contributed by atoms with Gasteiger partial charge in [0.25, 0.3) is 0 Å². The Bertz CT molecular complexity index is 304. The topological polar surface area (TPSA) is 46.2 Å². The molecule has 1 atom stereocenters. The lowest BCUT2D eigenvalue weighted by Crippen LogP contribution is -2.10. The van der Waals surface area contributed by atoms with E-state index < -0.39 is 0 Å². The fourth-order valence-corrected chi connectivity index (χ4v) is 1.86. The van der Waals surface area contributed by atoms with Crippen LogP contribution in [0.15, 0.2) is 27.1 Å². The Labute approximate surface area is 101 Å². The van der Waals surface area contributed by atoms with E-state index in [9.17, 15) is 0 Å². The van der Waals surface area contributed by atoms with E-state index in [1.807, 2.05) is 18.2 Å². The molecule has 78 valence electrons. The van der Waals surface area contributed by atoms with Crippen LogP contribution in [0, 0.1) is 0 Å². The lowest BCUT2D eigenvalue weighted by atomic mass is 10.0. The van der Waals surface area contributed by atoms with E-state index in [0.29, 0.717) is 0 Å². The van der Waals surface area contributed by atoms with Crippen LogP contribution in [0.3, 0.4) is 0 Å². The molecule has 2 nitrogen and oxygen atoms in total. The molecule has 3 N–H and O–H groups in total. The molecule has 0 aliphatic carbocycles. The Morgan fingerprint density at radius 1 is 1.29 bits per heavy atom. The third-order valence-corrected chi connectivity index (χ3v) is 3.92. The van der Waals surface area contributed by atoms with Crippen LogP contribution in [0.2, 0.25) is 0 Å². The molecule has 4 heteroatoms. The van der Waals surface area contributed by atoms with Crippen LogP contribution in [0.1, 0.15) is 24.4 Å². The van der Waals surface area contributed by atoms with Crippen molar-refractivity contribution in [2.75, 3.05) is 6.61 Å². The first-order valence-corrected chi connectivity index (χ1v) is 6.05. The number of benzene rings is 1. The molecule has 0 amide bonds. The van der Waals surface area contributed by atoms with Crippen LogP contribution in [0.25, 0.3) is 0 Å². The van der Waals surface area contributed by atoms with E-state index in [0.717, 1.165) is 27.4 Å². The van der Waals surface area contributed by atoms with E-state index >= 15 is 0 Å². The number of hydrogen-bond acceptors (Lipinski definition) is 2. The minimum absolute atomic E-state index is 0.00606. The number of rotatable bonds is 4. The minimum Gasteiger partial charge on any atom is -0.396 e. The summed E-state index contributed by atoms with van der Waals surface area (Å²) in [6, 6.07) is 5.98. The molecule has 0 saturated heterocycles. The molecule has 0 spiro atoms. The van der Waals surface area contributed by atoms with Crippen LogP contribution in [0.4, 0.5) is 0 Å². The van der Waals surface area contributed by atoms with Gasteiger partial charge in [-0.15, -0.1) is 0 Å². The predicted octanol–water partition coefficient (Wildman–Crippen LogP) is 2.98. The Morgan fingerprint density at radius 3 is 2.57 bits per heavy atom. The number of halogens is 2. The average Bonchev–Trinajstić information content (AvgIpc) is 2.18. The zero-order valence-corrected chi connectivity index (χ0v) is 10.9. The van der Waals surface area contributed by atoms with Gasteiger partial charge in [-0.1, -0.05) is 6.07 Å². The maximum atomic E-state index is 8.69. The maximum absolute atomic E-state index is 8.69. The van der Waals surface area contributed by atoms with Gasteiger partial charge in [-0.05, 0) is 62.4 Å². The van der Waals surface area contributed by atoms with Crippen molar-refractivity contribution < 1.29 is 5.11 Å². The van der Waals surface area contributed by atoms with Gasteiger partial charge in [-0.2, -0.15) is 0 Å². The van der Waals surface area contributed by atoms with E-state index in [1.54, 1.807) is 0 Å². The number of nitrogens with two attached hydrogens (primary N) is 1. The minimum atomic E-state index is 0.00606. The van der Waals surface area contributed by atoms with Gasteiger partial charge in [0.1, 0.15) is 0 Å². The number of aliphatic hydroxyl groups excluding tert-OH is 1. The van der Waals surface area contributed by atoms with Gasteiger partial charge in [-0.3, -0.25) is 0 Å². The van der Waals surface area contributed by atoms with Crippen molar-refractivity contribution in [2.24, 2.45) is 5.73 Å². The summed E-state index contributed by atoms with van der Waals surface area (Å²) in [6.07, 6.45) is 1.55. The van der Waals surface area contributed by atoms with Crippen LogP contribution in [-0.2, 0) is 0 Å². The highest BCUT2D eigenvalue weighted by Gasteiger charge is 2.06. The summed E-state index contributed by atoms with van der Waals surface area (Å²) in [5.74, 6) is 0. The van der Waals surface area contributed by atoms with E-state index in [4.69, 9.17) is 10.8 Å². The molecule has 1 aromatic rings. The molecule has 0 aromatic heterocycles. The highest BCUT2D eigenvalue weighted by Crippen LogP contribution is 2.27. The molecule has 0 saturated carbocycles. The lowest BCUT2D eigenvalue weighted by Gasteiger charge is -2.11. The summed E-state index contributed by atoms with van der Waals surface area (Å²) in [6.45, 7) is 0.200. The molecular weight excluding hydrogens is 310 g/mol. The standard InChI is InChI=1S/C10H13Br2NO/c11-8-4-3-7(6-9(8)12)10(13)2-1-5-14/h3-4,6,10,14H,1-2,5,13H2/t10-/m0/s1. The molecule has 0 unspecified atom stereocenters. The van der Waals surface area contributed by atoms with Crippen LogP contribution < -0.4 is 5.73 Å². The third kappa shape index (κ3) is 3.35. The van der Waals surface area contributed by atoms with E-state index in [-0.39, 0.29) is 12.6 Å². The van der Waals surface area contributed by atoms with Crippen molar-refractivity contribution in [1.29, 1.82) is 0 Å². The SMILES string of the molecule is N[C@@H](CCCO)c1ccc(Br)c(Br)c1. The van der Waals surface area contributed by atoms with Gasteiger partial charge in [-0.25, -0.2) is 0 Å². The fraction of sp³-hybridized carbons (Fsp3) is 0.400. The van der Waals surface area contributed by atoms with Crippen molar-refractivity contribution in [2.45, 2.75) is 18.9 Å². The first-order valence-electron chi connectivity index (χ1n) is 4.46. The quantitative estimate of drug-likeness (QED) is 0.895. The third-order valence-electron chi connectivity index (χ3n) is 2.05. The Morgan fingerprint density at radius 2 is 2.00 bits per heavy atom. The van der Waals surface area contributed by atoms with Gasteiger partial charge in [0.05, 0.1) is 0 Å². The van der Waals surface area contributed by atoms with E-state index in [2.05, 4.69) is 31.9 Å². The van der Waals surface area contributed by atoms with Crippen LogP contribution >= 0.6 is 31.9 Å². The van der Waals surface area contributed by atoms with Crippen LogP contribution in [-0.4, -0.2) is 11.7 Å². The molecule has 0 aliphatic heterocycles. The summed E-state index contributed by atoms with van der Waals surface area (Å²) in [5.41, 5.74) is 7.04. The Kier molecular flexibility index (Phi) is 5.09. The highest BCUT2D eigenvalue weighted by molar-refractivity contribution is 9.13. The maximum Gasteiger partial charge on any atom is 0.0431 e. The normalized spacial score (nSPS) is 12.9. The Balaban J connectivity index is 2.70. The summed E-state index contributed by atoms with van der Waals surface area (Å²) < 4.78 is 2.03. The van der Waals surface area contributed by atoms with Crippen molar-refractivity contribution in [3.05, 3.63) is 32.7 Å². The van der Waals surface area contributed by atoms with Crippen molar-refractivity contribution in [3.63, 3.8) is 0 Å². The first-order chi connectivity index (χ1) is 6.65. The first kappa shape index (κ1) is 12.2. The van der Waals surface area contributed by atoms with Crippen LogP contribution in [0.5, 0.6) is 0 Å². The molecule has 0 heterocycles. The molecule has 0 fully saturated rings. The highest BCUT2D eigenvalue weighted by atomic mass is 79.9. The lowest BCUT2D eigenvalue weighted by molar-refractivity contribution is 0.280. The molecule has 0 aliphatic rings. The summed E-state index contributed by atoms with van der Waals surface area (Å²) in [5, 5.41) is 8.69. The van der Waals surface area contributed by atoms with Gasteiger partial charge in [0.15, 0.2) is 0 Å². The summed E-state index contributed by atoms with van der Waals surface area (Å²) in [7, 11) is 0. The monoisotopic (exact) mass is 321 g/mol. The molecule has 0 radical (unpaired) electrons. The van der Waals surface area contributed by atoms with Gasteiger partial charge in [0, 0.05) is 21.6 Å². The largest absolute Gasteiger partial charge is 0.396 e. The molecular formula is C10H13Br2NO. The molecule has 14 heavy (non-hydrogen) atoms. The number of hydrogen-bond donors (Lipinski definition) is 2. The molecule has 0 bridgehead atoms. The zero-order valence-electron chi connectivity index (χ0n) is 7.71. The fourth-order valence-electron chi connectivity index (χ4n) is 1.22.